The summed E-state index contributed by atoms with van der Waals surface area (Å²) in [5, 5.41) is 30.0. The number of aliphatic carboxylic acids is 1. The van der Waals surface area contributed by atoms with Crippen LogP contribution in [0.3, 0.4) is 0 Å². The maximum absolute atomic E-state index is 11.3. The third-order valence-electron chi connectivity index (χ3n) is 2.43. The first kappa shape index (κ1) is 14.9. The van der Waals surface area contributed by atoms with Gasteiger partial charge in [0.1, 0.15) is 12.2 Å². The van der Waals surface area contributed by atoms with Crippen molar-refractivity contribution in [2.45, 2.75) is 18.9 Å². The number of amides is 2. The number of urea groups is 1. The largest absolute Gasteiger partial charge is 0.479 e. The molecule has 0 unspecified atom stereocenters. The molecule has 106 valence electrons. The number of rotatable bonds is 7. The third-order valence-corrected chi connectivity index (χ3v) is 2.43. The molecule has 0 aromatic carbocycles. The zero-order valence-electron chi connectivity index (χ0n) is 10.5. The van der Waals surface area contributed by atoms with Crippen molar-refractivity contribution < 1.29 is 19.8 Å². The van der Waals surface area contributed by atoms with Gasteiger partial charge in [-0.3, -0.25) is 0 Å². The summed E-state index contributed by atoms with van der Waals surface area (Å²) in [6, 6.07) is -0.417. The van der Waals surface area contributed by atoms with Gasteiger partial charge in [-0.1, -0.05) is 0 Å². The van der Waals surface area contributed by atoms with Crippen molar-refractivity contribution in [2.24, 2.45) is 7.05 Å². The number of aliphatic hydroxyl groups excluding tert-OH is 1. The lowest BCUT2D eigenvalue weighted by Crippen LogP contribution is -2.38. The minimum atomic E-state index is -1.46. The van der Waals surface area contributed by atoms with E-state index in [0.717, 1.165) is 5.82 Å². The van der Waals surface area contributed by atoms with Crippen molar-refractivity contribution in [3.8, 4) is 0 Å². The van der Waals surface area contributed by atoms with Gasteiger partial charge in [-0.05, 0) is 0 Å². The van der Waals surface area contributed by atoms with Crippen LogP contribution in [0, 0.1) is 0 Å². The molecule has 0 fully saturated rings. The zero-order valence-corrected chi connectivity index (χ0v) is 10.5. The van der Waals surface area contributed by atoms with Crippen molar-refractivity contribution in [2.75, 3.05) is 13.1 Å². The normalized spacial score (nSPS) is 11.9. The predicted octanol–water partition coefficient (Wildman–Crippen LogP) is -1.51. The number of nitrogens with zero attached hydrogens (tertiary/aromatic N) is 3. The van der Waals surface area contributed by atoms with Crippen LogP contribution in [0.15, 0.2) is 6.33 Å². The molecular weight excluding hydrogens is 254 g/mol. The smallest absolute Gasteiger partial charge is 0.332 e. The van der Waals surface area contributed by atoms with E-state index in [1.807, 2.05) is 7.05 Å². The summed E-state index contributed by atoms with van der Waals surface area (Å²) in [5.74, 6) is -0.550. The number of aliphatic hydroxyl groups is 1. The first-order valence-electron chi connectivity index (χ1n) is 5.76. The molecule has 4 N–H and O–H groups in total. The number of carboxylic acids is 1. The summed E-state index contributed by atoms with van der Waals surface area (Å²) in [6.45, 7) is 0.475. The SMILES string of the molecule is Cn1cnnc1CCNC(=O)NCC[C@H](O)C(=O)O. The summed E-state index contributed by atoms with van der Waals surface area (Å²) in [6.07, 6.45) is 0.620. The molecule has 1 rings (SSSR count). The molecule has 0 saturated carbocycles. The monoisotopic (exact) mass is 271 g/mol. The average molecular weight is 271 g/mol. The fourth-order valence-corrected chi connectivity index (χ4v) is 1.33. The summed E-state index contributed by atoms with van der Waals surface area (Å²) in [7, 11) is 1.81. The van der Waals surface area contributed by atoms with E-state index in [1.54, 1.807) is 10.9 Å². The predicted molar refractivity (Wildman–Crippen MR) is 64.4 cm³/mol. The molecule has 9 nitrogen and oxygen atoms in total. The van der Waals surface area contributed by atoms with E-state index in [1.165, 1.54) is 0 Å². The van der Waals surface area contributed by atoms with Crippen molar-refractivity contribution in [1.82, 2.24) is 25.4 Å². The summed E-state index contributed by atoms with van der Waals surface area (Å²) < 4.78 is 1.75. The second-order valence-corrected chi connectivity index (χ2v) is 3.93. The van der Waals surface area contributed by atoms with E-state index in [2.05, 4.69) is 20.8 Å². The van der Waals surface area contributed by atoms with E-state index in [4.69, 9.17) is 10.2 Å². The fraction of sp³-hybridized carbons (Fsp3) is 0.600. The van der Waals surface area contributed by atoms with Gasteiger partial charge in [0, 0.05) is 33.0 Å². The van der Waals surface area contributed by atoms with E-state index >= 15 is 0 Å². The maximum Gasteiger partial charge on any atom is 0.332 e. The maximum atomic E-state index is 11.3. The number of aryl methyl sites for hydroxylation is 1. The Bertz CT molecular complexity index is 433. The second-order valence-electron chi connectivity index (χ2n) is 3.93. The molecule has 1 atom stereocenters. The molecule has 0 aliphatic heterocycles. The topological polar surface area (TPSA) is 129 Å². The van der Waals surface area contributed by atoms with Crippen LogP contribution in [0.5, 0.6) is 0 Å². The van der Waals surface area contributed by atoms with Crippen LogP contribution in [0.1, 0.15) is 12.2 Å². The number of hydrogen-bond acceptors (Lipinski definition) is 5. The van der Waals surface area contributed by atoms with Crippen LogP contribution in [-0.2, 0) is 18.3 Å². The Morgan fingerprint density at radius 1 is 1.42 bits per heavy atom. The van der Waals surface area contributed by atoms with Gasteiger partial charge in [-0.25, -0.2) is 9.59 Å². The minimum absolute atomic E-state index is 0.0357. The first-order chi connectivity index (χ1) is 9.00. The van der Waals surface area contributed by atoms with Gasteiger partial charge in [0.2, 0.25) is 0 Å². The molecular formula is C10H17N5O4. The number of carbonyl (C=O) groups excluding carboxylic acids is 1. The number of hydrogen-bond donors (Lipinski definition) is 4. The van der Waals surface area contributed by atoms with Gasteiger partial charge in [-0.15, -0.1) is 10.2 Å². The number of carboxylic acid groups (broad SMARTS) is 1. The second kappa shape index (κ2) is 7.31. The molecule has 1 aromatic rings. The summed E-state index contributed by atoms with van der Waals surface area (Å²) in [5.41, 5.74) is 0. The van der Waals surface area contributed by atoms with Crippen LogP contribution in [0.25, 0.3) is 0 Å². The Hall–Kier alpha value is -2.16. The van der Waals surface area contributed by atoms with Gasteiger partial charge >= 0.3 is 12.0 Å². The Kier molecular flexibility index (Phi) is 5.73. The highest BCUT2D eigenvalue weighted by atomic mass is 16.4. The number of aromatic nitrogens is 3. The Morgan fingerprint density at radius 3 is 2.68 bits per heavy atom. The highest BCUT2D eigenvalue weighted by Gasteiger charge is 2.12. The van der Waals surface area contributed by atoms with Crippen molar-refractivity contribution in [1.29, 1.82) is 0 Å². The molecule has 0 saturated heterocycles. The van der Waals surface area contributed by atoms with Gasteiger partial charge in [0.05, 0.1) is 0 Å². The van der Waals surface area contributed by atoms with Crippen LogP contribution in [-0.4, -0.2) is 56.2 Å². The lowest BCUT2D eigenvalue weighted by molar-refractivity contribution is -0.146. The quantitative estimate of drug-likeness (QED) is 0.477. The Morgan fingerprint density at radius 2 is 2.11 bits per heavy atom. The lowest BCUT2D eigenvalue weighted by atomic mass is 10.2. The van der Waals surface area contributed by atoms with Crippen LogP contribution < -0.4 is 10.6 Å². The van der Waals surface area contributed by atoms with E-state index < -0.39 is 18.1 Å². The zero-order chi connectivity index (χ0) is 14.3. The van der Waals surface area contributed by atoms with Gasteiger partial charge in [-0.2, -0.15) is 0 Å². The molecule has 9 heteroatoms. The Balaban J connectivity index is 2.12. The molecule has 0 aliphatic carbocycles. The molecule has 0 spiro atoms. The van der Waals surface area contributed by atoms with E-state index in [0.29, 0.717) is 13.0 Å². The highest BCUT2D eigenvalue weighted by molar-refractivity contribution is 5.74. The summed E-state index contributed by atoms with van der Waals surface area (Å²) in [4.78, 5) is 21.6. The third kappa shape index (κ3) is 5.34. The standard InChI is InChI=1S/C10H17N5O4/c1-15-6-13-14-8(15)3-5-12-10(19)11-4-2-7(16)9(17)18/h6-7,16H,2-5H2,1H3,(H,17,18)(H2,11,12,19)/t7-/m0/s1. The van der Waals surface area contributed by atoms with Crippen molar-refractivity contribution >= 4 is 12.0 Å². The number of nitrogens with one attached hydrogen (secondary N) is 2. The van der Waals surface area contributed by atoms with E-state index in [-0.39, 0.29) is 13.0 Å². The molecule has 0 radical (unpaired) electrons. The van der Waals surface area contributed by atoms with Gasteiger partial charge < -0.3 is 25.4 Å². The van der Waals surface area contributed by atoms with Crippen LogP contribution in [0.4, 0.5) is 4.79 Å². The minimum Gasteiger partial charge on any atom is -0.479 e. The molecule has 2 amide bonds. The molecule has 0 aliphatic rings. The average Bonchev–Trinajstić information content (AvgIpc) is 2.75. The van der Waals surface area contributed by atoms with Crippen molar-refractivity contribution in [3.63, 3.8) is 0 Å². The number of carbonyl (C=O) groups is 2. The Labute approximate surface area is 109 Å². The van der Waals surface area contributed by atoms with Gasteiger partial charge in [0.25, 0.3) is 0 Å². The van der Waals surface area contributed by atoms with Crippen LogP contribution in [0.2, 0.25) is 0 Å². The summed E-state index contributed by atoms with van der Waals surface area (Å²) >= 11 is 0. The van der Waals surface area contributed by atoms with Gasteiger partial charge in [0.15, 0.2) is 6.10 Å². The highest BCUT2D eigenvalue weighted by Crippen LogP contribution is 1.91. The fourth-order valence-electron chi connectivity index (χ4n) is 1.33. The molecule has 1 heterocycles. The first-order valence-corrected chi connectivity index (χ1v) is 5.76. The molecule has 0 bridgehead atoms. The lowest BCUT2D eigenvalue weighted by Gasteiger charge is -2.08. The van der Waals surface area contributed by atoms with Crippen molar-refractivity contribution in [3.05, 3.63) is 12.2 Å². The molecule has 19 heavy (non-hydrogen) atoms. The van der Waals surface area contributed by atoms with Crippen LogP contribution >= 0.6 is 0 Å². The molecule has 1 aromatic heterocycles. The van der Waals surface area contributed by atoms with E-state index in [9.17, 15) is 9.59 Å².